The summed E-state index contributed by atoms with van der Waals surface area (Å²) in [6, 6.07) is 9.89. The lowest BCUT2D eigenvalue weighted by molar-refractivity contribution is -0.216. The average Bonchev–Trinajstić information content (AvgIpc) is 3.91. The first-order chi connectivity index (χ1) is 28.4. The number of allylic oxidation sites excluding steroid dienone is 2. The number of hydrogen-bond donors (Lipinski definition) is 6. The van der Waals surface area contributed by atoms with Crippen LogP contribution in [0.1, 0.15) is 100 Å². The van der Waals surface area contributed by atoms with Crippen molar-refractivity contribution in [1.29, 1.82) is 0 Å². The number of Topliss-reactive ketones (excluding diaryl/α,β-unsaturated/α-hetero) is 1. The van der Waals surface area contributed by atoms with Crippen LogP contribution in [0.15, 0.2) is 48.6 Å². The quantitative estimate of drug-likeness (QED) is 0.142. The molecule has 2 heterocycles. The Kier molecular flexibility index (Phi) is 12.4. The highest BCUT2D eigenvalue weighted by molar-refractivity contribution is 9.09. The van der Waals surface area contributed by atoms with Crippen LogP contribution in [-0.2, 0) is 38.2 Å². The molecule has 3 amide bonds. The van der Waals surface area contributed by atoms with E-state index in [1.54, 1.807) is 24.3 Å². The molecular weight excluding hydrogens is 858 g/mol. The Labute approximate surface area is 361 Å². The van der Waals surface area contributed by atoms with Crippen LogP contribution >= 0.6 is 27.3 Å². The number of thiophene rings is 1. The number of aliphatic hydroxyl groups excluding tert-OH is 2. The van der Waals surface area contributed by atoms with Crippen LogP contribution in [0.25, 0.3) is 0 Å². The van der Waals surface area contributed by atoms with E-state index in [0.717, 1.165) is 28.2 Å². The largest absolute Gasteiger partial charge is 0.481 e. The highest BCUT2D eigenvalue weighted by Crippen LogP contribution is 2.72. The monoisotopic (exact) mass is 911 g/mol. The number of anilines is 1. The number of carboxylic acids is 1. The number of ketones is 2. The first-order valence-electron chi connectivity index (χ1n) is 20.6. The molecule has 60 heavy (non-hydrogen) atoms. The Morgan fingerprint density at radius 3 is 2.57 bits per heavy atom. The number of halogens is 1. The molecule has 3 saturated carbocycles. The zero-order valence-electron chi connectivity index (χ0n) is 34.2. The third-order valence-corrected chi connectivity index (χ3v) is 16.6. The summed E-state index contributed by atoms with van der Waals surface area (Å²) in [5, 5.41) is 39.5. The van der Waals surface area contributed by atoms with Gasteiger partial charge < -0.3 is 40.7 Å². The van der Waals surface area contributed by atoms with Gasteiger partial charge in [-0.1, -0.05) is 61.8 Å². The van der Waals surface area contributed by atoms with Crippen molar-refractivity contribution in [2.45, 2.75) is 109 Å². The van der Waals surface area contributed by atoms with Gasteiger partial charge in [-0.05, 0) is 96.6 Å². The Morgan fingerprint density at radius 2 is 1.85 bits per heavy atom. The van der Waals surface area contributed by atoms with Crippen LogP contribution < -0.4 is 16.0 Å². The molecule has 7 rings (SSSR count). The predicted octanol–water partition coefficient (Wildman–Crippen LogP) is 4.77. The van der Waals surface area contributed by atoms with Gasteiger partial charge in [0.05, 0.1) is 29.0 Å². The third kappa shape index (κ3) is 7.59. The fraction of sp³-hybridized carbons (Fsp3) is 0.591. The summed E-state index contributed by atoms with van der Waals surface area (Å²) in [6.45, 7) is 7.27. The molecule has 6 N–H and O–H groups in total. The van der Waals surface area contributed by atoms with E-state index in [4.69, 9.17) is 9.47 Å². The molecule has 0 radical (unpaired) electrons. The molecule has 12 atom stereocenters. The minimum atomic E-state index is -1.46. The number of hydrogen-bond acceptors (Lipinski definition) is 11. The molecule has 14 nitrogen and oxygen atoms in total. The van der Waals surface area contributed by atoms with Crippen LogP contribution in [0.4, 0.5) is 5.69 Å². The number of carbonyl (C=O) groups excluding carboxylic acids is 5. The number of ether oxygens (including phenoxy) is 2. The van der Waals surface area contributed by atoms with Crippen molar-refractivity contribution in [2.75, 3.05) is 23.8 Å². The highest BCUT2D eigenvalue weighted by atomic mass is 79.9. The Morgan fingerprint density at radius 1 is 1.08 bits per heavy atom. The summed E-state index contributed by atoms with van der Waals surface area (Å²) in [7, 11) is 0. The van der Waals surface area contributed by atoms with Crippen molar-refractivity contribution in [2.24, 2.45) is 34.0 Å². The first-order valence-corrected chi connectivity index (χ1v) is 22.6. The second-order valence-electron chi connectivity index (χ2n) is 18.0. The molecule has 1 aliphatic heterocycles. The Balaban J connectivity index is 1.06. The number of aliphatic carboxylic acids is 1. The molecule has 1 saturated heterocycles. The fourth-order valence-electron chi connectivity index (χ4n) is 11.6. The molecule has 0 spiro atoms. The van der Waals surface area contributed by atoms with Crippen molar-refractivity contribution >= 4 is 68.2 Å². The number of alkyl halides is 1. The molecule has 0 bridgehead atoms. The van der Waals surface area contributed by atoms with Crippen LogP contribution in [0.5, 0.6) is 0 Å². The van der Waals surface area contributed by atoms with E-state index in [9.17, 15) is 44.1 Å². The SMILES string of the molecule is C[C@H](c1cccc(NC(=O)[C@H](CCC(=O)O)NC(=O)CNC(=O)CBr)c1)c1ccc([C@@H]2O[C@@H]3C[C@H]4[C@@H]5CCC6(C)CC(=O)C=C[C@]6(C)[C@H]5[C@@H](O)C[C@]4(C)[C@]3(C(=O)CO)O2)s1. The molecule has 5 aliphatic rings. The normalized spacial score (nSPS) is 35.0. The van der Waals surface area contributed by atoms with E-state index in [-0.39, 0.29) is 59.6 Å². The maximum absolute atomic E-state index is 14.1. The van der Waals surface area contributed by atoms with E-state index in [1.165, 1.54) is 11.3 Å². The lowest BCUT2D eigenvalue weighted by Gasteiger charge is -2.64. The van der Waals surface area contributed by atoms with Crippen LogP contribution in [-0.4, -0.2) is 92.9 Å². The summed E-state index contributed by atoms with van der Waals surface area (Å²) < 4.78 is 13.5. The highest BCUT2D eigenvalue weighted by Gasteiger charge is 2.76. The van der Waals surface area contributed by atoms with Gasteiger partial charge in [-0.2, -0.15) is 0 Å². The van der Waals surface area contributed by atoms with Crippen molar-refractivity contribution in [3.8, 4) is 0 Å². The lowest BCUT2D eigenvalue weighted by atomic mass is 9.40. The smallest absolute Gasteiger partial charge is 0.303 e. The maximum atomic E-state index is 14.1. The molecule has 1 unspecified atom stereocenters. The number of rotatable bonds is 14. The second-order valence-corrected chi connectivity index (χ2v) is 19.7. The van der Waals surface area contributed by atoms with Gasteiger partial charge in [0.15, 0.2) is 23.5 Å². The van der Waals surface area contributed by atoms with E-state index in [0.29, 0.717) is 24.9 Å². The number of carboxylic acid groups (broad SMARTS) is 1. The number of carbonyl (C=O) groups is 6. The van der Waals surface area contributed by atoms with Gasteiger partial charge in [0.1, 0.15) is 12.6 Å². The van der Waals surface area contributed by atoms with Gasteiger partial charge in [-0.15, -0.1) is 11.3 Å². The predicted molar refractivity (Wildman–Crippen MR) is 224 cm³/mol. The first kappa shape index (κ1) is 44.3. The molecule has 2 aromatic rings. The van der Waals surface area contributed by atoms with E-state index >= 15 is 0 Å². The third-order valence-electron chi connectivity index (χ3n) is 14.8. The molecule has 4 fully saturated rings. The lowest BCUT2D eigenvalue weighted by Crippen LogP contribution is -2.65. The molecule has 4 aliphatic carbocycles. The summed E-state index contributed by atoms with van der Waals surface area (Å²) in [4.78, 5) is 77.0. The molecule has 324 valence electrons. The molecule has 16 heteroatoms. The number of amides is 3. The van der Waals surface area contributed by atoms with E-state index in [1.807, 2.05) is 38.1 Å². The second kappa shape index (κ2) is 16.8. The van der Waals surface area contributed by atoms with Crippen LogP contribution in [0, 0.1) is 34.0 Å². The average molecular weight is 913 g/mol. The van der Waals surface area contributed by atoms with Gasteiger partial charge in [0.25, 0.3) is 0 Å². The number of benzene rings is 1. The number of nitrogens with one attached hydrogen (secondary N) is 3. The topological polar surface area (TPSA) is 218 Å². The maximum Gasteiger partial charge on any atom is 0.303 e. The van der Waals surface area contributed by atoms with Gasteiger partial charge in [0.2, 0.25) is 17.7 Å². The summed E-state index contributed by atoms with van der Waals surface area (Å²) in [5.74, 6) is -3.35. The fourth-order valence-corrected chi connectivity index (χ4v) is 12.8. The van der Waals surface area contributed by atoms with Crippen LogP contribution in [0.2, 0.25) is 0 Å². The number of aliphatic hydroxyl groups is 2. The Bertz CT molecular complexity index is 2090. The Hall–Kier alpha value is -3.80. The summed E-state index contributed by atoms with van der Waals surface area (Å²) in [6.07, 6.45) is 3.84. The standard InChI is InChI=1S/C44H54BrN3O11S/c1-23(24-6-5-7-25(16-24)47-39(57)29(8-11-37(55)56)48-36(54)21-46-35(53)20-45)31-9-10-32(60-31)40-58-34-17-28-27-13-14-41(2)18-26(50)12-15-42(41,3)38(27)30(51)19-43(28,4)44(34,59-40)33(52)22-49/h5-7,9-10,12,15-16,23,27-30,34,38,40,49,51H,8,11,13-14,17-22H2,1-4H3,(H,46,53)(H,47,57)(H,48,54)(H,55,56)/t23-,27+,28+,29+,30+,34-,38-,40-,41?,42-,43+,44-/m1/s1. The van der Waals surface area contributed by atoms with Gasteiger partial charge in [-0.3, -0.25) is 28.8 Å². The number of fused-ring (bicyclic) bond motifs is 7. The molecular formula is C44H54BrN3O11S. The van der Waals surface area contributed by atoms with E-state index in [2.05, 4.69) is 45.7 Å². The van der Waals surface area contributed by atoms with Crippen molar-refractivity contribution in [1.82, 2.24) is 10.6 Å². The summed E-state index contributed by atoms with van der Waals surface area (Å²) in [5.41, 5.74) is -1.66. The van der Waals surface area contributed by atoms with Crippen molar-refractivity contribution in [3.63, 3.8) is 0 Å². The summed E-state index contributed by atoms with van der Waals surface area (Å²) >= 11 is 4.46. The van der Waals surface area contributed by atoms with Crippen LogP contribution in [0.3, 0.4) is 0 Å². The van der Waals surface area contributed by atoms with E-state index < -0.39 is 77.1 Å². The van der Waals surface area contributed by atoms with Gasteiger partial charge >= 0.3 is 5.97 Å². The molecule has 1 aromatic heterocycles. The van der Waals surface area contributed by atoms with Gasteiger partial charge in [-0.25, -0.2) is 0 Å². The van der Waals surface area contributed by atoms with Crippen molar-refractivity contribution < 1.29 is 53.6 Å². The van der Waals surface area contributed by atoms with Crippen molar-refractivity contribution in [3.05, 3.63) is 63.9 Å². The zero-order valence-corrected chi connectivity index (χ0v) is 36.6. The van der Waals surface area contributed by atoms with Gasteiger partial charge in [0, 0.05) is 34.7 Å². The zero-order chi connectivity index (χ0) is 43.4. The molecule has 1 aromatic carbocycles. The minimum absolute atomic E-state index is 0.00354. The minimum Gasteiger partial charge on any atom is -0.481 e.